The normalized spacial score (nSPS) is 10.0. The number of methoxy groups -OCH3 is 1. The van der Waals surface area contributed by atoms with Crippen LogP contribution in [-0.2, 0) is 4.74 Å². The van der Waals surface area contributed by atoms with Crippen LogP contribution in [0.4, 0.5) is 5.69 Å². The Bertz CT molecular complexity index is 519. The quantitative estimate of drug-likeness (QED) is 0.648. The first-order valence-electron chi connectivity index (χ1n) is 4.92. The standard InChI is InChI=1S/C12H11NO3S/c1-16-12(14)11-6-9(7-17-11)8-2-4-10(13-15)5-3-8/h2-7,13,15H,1H3. The molecule has 1 heterocycles. The summed E-state index contributed by atoms with van der Waals surface area (Å²) >= 11 is 1.35. The van der Waals surface area contributed by atoms with Crippen molar-refractivity contribution in [3.8, 4) is 11.1 Å². The van der Waals surface area contributed by atoms with Gasteiger partial charge in [0, 0.05) is 0 Å². The minimum Gasteiger partial charge on any atom is -0.465 e. The van der Waals surface area contributed by atoms with Crippen LogP contribution in [0.1, 0.15) is 9.67 Å². The van der Waals surface area contributed by atoms with Crippen LogP contribution >= 0.6 is 11.3 Å². The van der Waals surface area contributed by atoms with Crippen molar-refractivity contribution in [1.29, 1.82) is 0 Å². The van der Waals surface area contributed by atoms with Gasteiger partial charge in [0.1, 0.15) is 4.88 Å². The molecule has 0 amide bonds. The largest absolute Gasteiger partial charge is 0.465 e. The number of benzene rings is 1. The van der Waals surface area contributed by atoms with E-state index < -0.39 is 0 Å². The summed E-state index contributed by atoms with van der Waals surface area (Å²) in [6.07, 6.45) is 0. The van der Waals surface area contributed by atoms with E-state index in [1.165, 1.54) is 18.4 Å². The second kappa shape index (κ2) is 4.99. The Morgan fingerprint density at radius 2 is 2.00 bits per heavy atom. The molecule has 0 saturated carbocycles. The summed E-state index contributed by atoms with van der Waals surface area (Å²) in [5, 5.41) is 10.6. The lowest BCUT2D eigenvalue weighted by Gasteiger charge is -2.00. The SMILES string of the molecule is COC(=O)c1cc(-c2ccc(NO)cc2)cs1. The minimum absolute atomic E-state index is 0.324. The highest BCUT2D eigenvalue weighted by Gasteiger charge is 2.09. The topological polar surface area (TPSA) is 58.6 Å². The summed E-state index contributed by atoms with van der Waals surface area (Å²) in [5.41, 5.74) is 4.63. The number of hydrogen-bond donors (Lipinski definition) is 2. The molecule has 0 aliphatic rings. The molecular formula is C12H11NO3S. The van der Waals surface area contributed by atoms with E-state index in [4.69, 9.17) is 5.21 Å². The fourth-order valence-corrected chi connectivity index (χ4v) is 2.27. The molecule has 0 spiro atoms. The second-order valence-corrected chi connectivity index (χ2v) is 4.29. The number of nitrogens with one attached hydrogen (secondary N) is 1. The van der Waals surface area contributed by atoms with E-state index in [9.17, 15) is 4.79 Å². The minimum atomic E-state index is -0.324. The summed E-state index contributed by atoms with van der Waals surface area (Å²) in [5.74, 6) is -0.324. The first kappa shape index (κ1) is 11.6. The Balaban J connectivity index is 2.27. The average Bonchev–Trinajstić information content (AvgIpc) is 2.87. The maximum absolute atomic E-state index is 11.3. The predicted octanol–water partition coefficient (Wildman–Crippen LogP) is 3.00. The molecule has 0 aliphatic heterocycles. The van der Waals surface area contributed by atoms with Gasteiger partial charge in [-0.1, -0.05) is 12.1 Å². The first-order chi connectivity index (χ1) is 8.24. The third-order valence-corrected chi connectivity index (χ3v) is 3.24. The molecule has 0 unspecified atom stereocenters. The number of carbonyl (C=O) groups excluding carboxylic acids is 1. The molecule has 2 N–H and O–H groups in total. The van der Waals surface area contributed by atoms with Crippen LogP contribution in [0.15, 0.2) is 35.7 Å². The van der Waals surface area contributed by atoms with E-state index in [0.29, 0.717) is 10.6 Å². The molecule has 2 rings (SSSR count). The number of esters is 1. The Morgan fingerprint density at radius 3 is 2.59 bits per heavy atom. The molecule has 1 aromatic carbocycles. The Morgan fingerprint density at radius 1 is 1.29 bits per heavy atom. The number of ether oxygens (including phenoxy) is 1. The highest BCUT2D eigenvalue weighted by atomic mass is 32.1. The first-order valence-corrected chi connectivity index (χ1v) is 5.80. The number of rotatable bonds is 3. The summed E-state index contributed by atoms with van der Waals surface area (Å²) in [6, 6.07) is 9.02. The number of hydrogen-bond acceptors (Lipinski definition) is 5. The van der Waals surface area contributed by atoms with Crippen molar-refractivity contribution in [2.75, 3.05) is 12.6 Å². The van der Waals surface area contributed by atoms with Crippen molar-refractivity contribution in [3.05, 3.63) is 40.6 Å². The summed E-state index contributed by atoms with van der Waals surface area (Å²) in [7, 11) is 1.36. The lowest BCUT2D eigenvalue weighted by atomic mass is 10.1. The molecular weight excluding hydrogens is 238 g/mol. The van der Waals surface area contributed by atoms with Crippen LogP contribution in [0.3, 0.4) is 0 Å². The van der Waals surface area contributed by atoms with Gasteiger partial charge in [0.15, 0.2) is 0 Å². The van der Waals surface area contributed by atoms with Gasteiger partial charge in [0.2, 0.25) is 0 Å². The van der Waals surface area contributed by atoms with Gasteiger partial charge in [-0.2, -0.15) is 0 Å². The monoisotopic (exact) mass is 249 g/mol. The van der Waals surface area contributed by atoms with E-state index in [1.807, 2.05) is 17.5 Å². The van der Waals surface area contributed by atoms with Crippen molar-refractivity contribution < 1.29 is 14.7 Å². The van der Waals surface area contributed by atoms with Crippen LogP contribution < -0.4 is 5.48 Å². The lowest BCUT2D eigenvalue weighted by Crippen LogP contribution is -1.96. The number of anilines is 1. The highest BCUT2D eigenvalue weighted by molar-refractivity contribution is 7.12. The molecule has 0 fully saturated rings. The molecule has 0 bridgehead atoms. The maximum Gasteiger partial charge on any atom is 0.348 e. The molecule has 88 valence electrons. The zero-order valence-electron chi connectivity index (χ0n) is 9.14. The number of thiophene rings is 1. The smallest absolute Gasteiger partial charge is 0.348 e. The summed E-state index contributed by atoms with van der Waals surface area (Å²) in [4.78, 5) is 11.9. The van der Waals surface area contributed by atoms with E-state index in [1.54, 1.807) is 18.2 Å². The zero-order chi connectivity index (χ0) is 12.3. The molecule has 5 heteroatoms. The van der Waals surface area contributed by atoms with Gasteiger partial charge >= 0.3 is 5.97 Å². The van der Waals surface area contributed by atoms with Crippen molar-refractivity contribution in [2.45, 2.75) is 0 Å². The van der Waals surface area contributed by atoms with Gasteiger partial charge in [-0.15, -0.1) is 11.3 Å². The summed E-state index contributed by atoms with van der Waals surface area (Å²) in [6.45, 7) is 0. The molecule has 2 aromatic rings. The maximum atomic E-state index is 11.3. The molecule has 0 saturated heterocycles. The second-order valence-electron chi connectivity index (χ2n) is 3.38. The Labute approximate surface area is 102 Å². The van der Waals surface area contributed by atoms with Crippen LogP contribution in [0.25, 0.3) is 11.1 Å². The Hall–Kier alpha value is -1.85. The van der Waals surface area contributed by atoms with E-state index in [-0.39, 0.29) is 5.97 Å². The molecule has 17 heavy (non-hydrogen) atoms. The molecule has 4 nitrogen and oxygen atoms in total. The third-order valence-electron chi connectivity index (χ3n) is 2.33. The van der Waals surface area contributed by atoms with Crippen molar-refractivity contribution in [3.63, 3.8) is 0 Å². The van der Waals surface area contributed by atoms with Crippen LogP contribution in [0, 0.1) is 0 Å². The third kappa shape index (κ3) is 2.46. The van der Waals surface area contributed by atoms with Crippen LogP contribution in [-0.4, -0.2) is 18.3 Å². The van der Waals surface area contributed by atoms with E-state index in [0.717, 1.165) is 11.1 Å². The molecule has 1 aromatic heterocycles. The molecule has 0 radical (unpaired) electrons. The van der Waals surface area contributed by atoms with Crippen molar-refractivity contribution in [2.24, 2.45) is 0 Å². The zero-order valence-corrected chi connectivity index (χ0v) is 9.95. The van der Waals surface area contributed by atoms with E-state index >= 15 is 0 Å². The van der Waals surface area contributed by atoms with Crippen LogP contribution in [0.5, 0.6) is 0 Å². The van der Waals surface area contributed by atoms with Crippen molar-refractivity contribution >= 4 is 23.0 Å². The fourth-order valence-electron chi connectivity index (χ4n) is 1.43. The predicted molar refractivity (Wildman–Crippen MR) is 66.5 cm³/mol. The number of carbonyl (C=O) groups is 1. The van der Waals surface area contributed by atoms with Crippen molar-refractivity contribution in [1.82, 2.24) is 0 Å². The fraction of sp³-hybridized carbons (Fsp3) is 0.0833. The lowest BCUT2D eigenvalue weighted by molar-refractivity contribution is 0.0606. The van der Waals surface area contributed by atoms with Gasteiger partial charge in [-0.05, 0) is 34.7 Å². The van der Waals surface area contributed by atoms with Gasteiger partial charge in [0.25, 0.3) is 0 Å². The molecule has 0 aliphatic carbocycles. The van der Waals surface area contributed by atoms with Gasteiger partial charge < -0.3 is 4.74 Å². The van der Waals surface area contributed by atoms with Gasteiger partial charge in [0.05, 0.1) is 12.8 Å². The van der Waals surface area contributed by atoms with E-state index in [2.05, 4.69) is 10.2 Å². The van der Waals surface area contributed by atoms with Crippen LogP contribution in [0.2, 0.25) is 0 Å². The van der Waals surface area contributed by atoms with Gasteiger partial charge in [-0.25, -0.2) is 4.79 Å². The highest BCUT2D eigenvalue weighted by Crippen LogP contribution is 2.27. The van der Waals surface area contributed by atoms with Gasteiger partial charge in [-0.3, -0.25) is 10.7 Å². The average molecular weight is 249 g/mol. The Kier molecular flexibility index (Phi) is 3.41. The molecule has 0 atom stereocenters. The summed E-state index contributed by atoms with van der Waals surface area (Å²) < 4.78 is 4.65.